The Hall–Kier alpha value is -2.91. The zero-order chi connectivity index (χ0) is 17.4. The minimum atomic E-state index is -0.0659. The molecule has 0 atom stereocenters. The summed E-state index contributed by atoms with van der Waals surface area (Å²) < 4.78 is 0. The number of benzene rings is 3. The highest BCUT2D eigenvalue weighted by molar-refractivity contribution is 6.30. The molecule has 1 amide bonds. The number of carbonyl (C=O) groups is 1. The van der Waals surface area contributed by atoms with E-state index in [1.807, 2.05) is 60.7 Å². The van der Waals surface area contributed by atoms with Crippen molar-refractivity contribution >= 4 is 50.7 Å². The third kappa shape index (κ3) is 2.73. The summed E-state index contributed by atoms with van der Waals surface area (Å²) >= 11 is 6.02. The van der Waals surface area contributed by atoms with E-state index in [9.17, 15) is 4.79 Å². The summed E-state index contributed by atoms with van der Waals surface area (Å²) in [5, 5.41) is 2.51. The van der Waals surface area contributed by atoms with Gasteiger partial charge in [-0.2, -0.15) is 0 Å². The van der Waals surface area contributed by atoms with Crippen LogP contribution in [0.25, 0.3) is 21.8 Å². The molecule has 1 aromatic heterocycles. The van der Waals surface area contributed by atoms with Crippen molar-refractivity contribution in [1.82, 2.24) is 4.98 Å². The van der Waals surface area contributed by atoms with Crippen molar-refractivity contribution in [2.75, 3.05) is 4.90 Å². The number of halogens is 1. The van der Waals surface area contributed by atoms with E-state index < -0.39 is 0 Å². The fraction of sp³-hybridized carbons (Fsp3) is 0.0476. The van der Waals surface area contributed by atoms with Gasteiger partial charge in [0.15, 0.2) is 0 Å². The molecule has 25 heavy (non-hydrogen) atoms. The molecule has 1 heterocycles. The summed E-state index contributed by atoms with van der Waals surface area (Å²) in [5.74, 6) is -0.0659. The molecular weight excluding hydrogens is 332 g/mol. The molecule has 4 rings (SSSR count). The van der Waals surface area contributed by atoms with Crippen molar-refractivity contribution in [2.24, 2.45) is 0 Å². The Kier molecular flexibility index (Phi) is 3.86. The van der Waals surface area contributed by atoms with Gasteiger partial charge in [-0.3, -0.25) is 9.69 Å². The maximum atomic E-state index is 12.6. The highest BCUT2D eigenvalue weighted by Crippen LogP contribution is 2.38. The van der Waals surface area contributed by atoms with E-state index in [2.05, 4.69) is 0 Å². The summed E-state index contributed by atoms with van der Waals surface area (Å²) in [4.78, 5) is 19.0. The van der Waals surface area contributed by atoms with Gasteiger partial charge in [0.2, 0.25) is 5.91 Å². The number of hydrogen-bond donors (Lipinski definition) is 0. The Morgan fingerprint density at radius 3 is 1.88 bits per heavy atom. The van der Waals surface area contributed by atoms with Crippen LogP contribution in [-0.4, -0.2) is 10.9 Å². The van der Waals surface area contributed by atoms with Crippen LogP contribution in [0, 0.1) is 0 Å². The third-order valence-electron chi connectivity index (χ3n) is 4.18. The van der Waals surface area contributed by atoms with Gasteiger partial charge in [-0.1, -0.05) is 48.0 Å². The topological polar surface area (TPSA) is 33.2 Å². The highest BCUT2D eigenvalue weighted by atomic mass is 35.5. The predicted octanol–water partition coefficient (Wildman–Crippen LogP) is 5.73. The molecule has 0 saturated carbocycles. The van der Waals surface area contributed by atoms with Gasteiger partial charge >= 0.3 is 0 Å². The Bertz CT molecular complexity index is 1040. The molecule has 0 fully saturated rings. The van der Waals surface area contributed by atoms with Crippen molar-refractivity contribution in [2.45, 2.75) is 6.92 Å². The quantitative estimate of drug-likeness (QED) is 0.434. The van der Waals surface area contributed by atoms with Gasteiger partial charge in [-0.25, -0.2) is 4.98 Å². The molecule has 3 nitrogen and oxygen atoms in total. The first-order valence-electron chi connectivity index (χ1n) is 7.99. The second-order valence-electron chi connectivity index (χ2n) is 5.83. The van der Waals surface area contributed by atoms with Gasteiger partial charge in [-0.05, 0) is 36.4 Å². The Morgan fingerprint density at radius 2 is 1.36 bits per heavy atom. The van der Waals surface area contributed by atoms with Gasteiger partial charge in [0.1, 0.15) is 0 Å². The molecule has 122 valence electrons. The van der Waals surface area contributed by atoms with E-state index in [0.29, 0.717) is 5.02 Å². The Labute approximate surface area is 150 Å². The van der Waals surface area contributed by atoms with Crippen LogP contribution in [0.3, 0.4) is 0 Å². The normalized spacial score (nSPS) is 11.0. The van der Waals surface area contributed by atoms with Crippen LogP contribution in [0.1, 0.15) is 6.92 Å². The smallest absolute Gasteiger partial charge is 0.228 e. The van der Waals surface area contributed by atoms with E-state index in [-0.39, 0.29) is 5.91 Å². The van der Waals surface area contributed by atoms with Crippen LogP contribution in [-0.2, 0) is 4.79 Å². The number of para-hydroxylation sites is 2. The SMILES string of the molecule is CC(=O)N(c1ccc(Cl)cc1)c1c2ccccc2nc2ccccc12. The summed E-state index contributed by atoms with van der Waals surface area (Å²) in [6, 6.07) is 23.0. The average molecular weight is 347 g/mol. The summed E-state index contributed by atoms with van der Waals surface area (Å²) in [6.07, 6.45) is 0. The lowest BCUT2D eigenvalue weighted by Crippen LogP contribution is -2.23. The van der Waals surface area contributed by atoms with Crippen LogP contribution in [0.4, 0.5) is 11.4 Å². The maximum absolute atomic E-state index is 12.6. The third-order valence-corrected chi connectivity index (χ3v) is 4.43. The fourth-order valence-corrected chi connectivity index (χ4v) is 3.24. The van der Waals surface area contributed by atoms with Crippen LogP contribution >= 0.6 is 11.6 Å². The van der Waals surface area contributed by atoms with E-state index in [1.54, 1.807) is 24.0 Å². The van der Waals surface area contributed by atoms with Crippen molar-refractivity contribution in [3.05, 3.63) is 77.8 Å². The molecule has 0 bridgehead atoms. The molecule has 0 aliphatic carbocycles. The first-order chi connectivity index (χ1) is 12.1. The Balaban J connectivity index is 2.10. The minimum Gasteiger partial charge on any atom is -0.280 e. The van der Waals surface area contributed by atoms with E-state index in [1.165, 1.54) is 0 Å². The number of amides is 1. The lowest BCUT2D eigenvalue weighted by atomic mass is 10.1. The first kappa shape index (κ1) is 15.6. The summed E-state index contributed by atoms with van der Waals surface area (Å²) in [5.41, 5.74) is 3.34. The van der Waals surface area contributed by atoms with Crippen molar-refractivity contribution < 1.29 is 4.79 Å². The average Bonchev–Trinajstić information content (AvgIpc) is 2.62. The van der Waals surface area contributed by atoms with E-state index >= 15 is 0 Å². The molecule has 0 unspecified atom stereocenters. The number of pyridine rings is 1. The van der Waals surface area contributed by atoms with Gasteiger partial charge in [-0.15, -0.1) is 0 Å². The molecule has 0 saturated heterocycles. The highest BCUT2D eigenvalue weighted by Gasteiger charge is 2.20. The van der Waals surface area contributed by atoms with E-state index in [4.69, 9.17) is 16.6 Å². The van der Waals surface area contributed by atoms with Gasteiger partial charge in [0.05, 0.1) is 16.7 Å². The maximum Gasteiger partial charge on any atom is 0.228 e. The number of anilines is 2. The van der Waals surface area contributed by atoms with Crippen LogP contribution in [0.15, 0.2) is 72.8 Å². The van der Waals surface area contributed by atoms with Crippen molar-refractivity contribution in [3.8, 4) is 0 Å². The molecule has 0 aliphatic heterocycles. The monoisotopic (exact) mass is 346 g/mol. The fourth-order valence-electron chi connectivity index (χ4n) is 3.12. The summed E-state index contributed by atoms with van der Waals surface area (Å²) in [7, 11) is 0. The van der Waals surface area contributed by atoms with Crippen LogP contribution < -0.4 is 4.90 Å². The molecule has 4 aromatic rings. The number of carbonyl (C=O) groups excluding carboxylic acids is 1. The predicted molar refractivity (Wildman–Crippen MR) is 104 cm³/mol. The Morgan fingerprint density at radius 1 is 0.840 bits per heavy atom. The number of fused-ring (bicyclic) bond motifs is 2. The number of aromatic nitrogens is 1. The van der Waals surface area contributed by atoms with Crippen molar-refractivity contribution in [3.63, 3.8) is 0 Å². The molecular formula is C21H15ClN2O. The van der Waals surface area contributed by atoms with Crippen molar-refractivity contribution in [1.29, 1.82) is 0 Å². The molecule has 3 aromatic carbocycles. The van der Waals surface area contributed by atoms with Crippen LogP contribution in [0.5, 0.6) is 0 Å². The number of hydrogen-bond acceptors (Lipinski definition) is 2. The lowest BCUT2D eigenvalue weighted by molar-refractivity contribution is -0.115. The van der Waals surface area contributed by atoms with Gasteiger partial charge < -0.3 is 0 Å². The van der Waals surface area contributed by atoms with Gasteiger partial charge in [0.25, 0.3) is 0 Å². The molecule has 0 aliphatic rings. The zero-order valence-corrected chi connectivity index (χ0v) is 14.4. The van der Waals surface area contributed by atoms with Crippen LogP contribution in [0.2, 0.25) is 5.02 Å². The minimum absolute atomic E-state index is 0.0659. The second-order valence-corrected chi connectivity index (χ2v) is 6.26. The molecule has 0 radical (unpaired) electrons. The standard InChI is InChI=1S/C21H15ClN2O/c1-14(25)24(16-12-10-15(22)11-13-16)21-17-6-2-4-8-19(17)23-20-9-5-3-7-18(20)21/h2-13H,1H3. The van der Waals surface area contributed by atoms with E-state index in [0.717, 1.165) is 33.2 Å². The first-order valence-corrected chi connectivity index (χ1v) is 8.37. The number of nitrogens with zero attached hydrogens (tertiary/aromatic N) is 2. The summed E-state index contributed by atoms with van der Waals surface area (Å²) in [6.45, 7) is 1.57. The second kappa shape index (κ2) is 6.19. The van der Waals surface area contributed by atoms with Gasteiger partial charge in [0, 0.05) is 28.4 Å². The number of rotatable bonds is 2. The molecule has 0 spiro atoms. The molecule has 4 heteroatoms. The largest absolute Gasteiger partial charge is 0.280 e. The molecule has 0 N–H and O–H groups in total. The lowest BCUT2D eigenvalue weighted by Gasteiger charge is -2.24. The zero-order valence-electron chi connectivity index (χ0n) is 13.6.